The summed E-state index contributed by atoms with van der Waals surface area (Å²) < 4.78 is 2.35. The zero-order valence-electron chi connectivity index (χ0n) is 17.8. The highest BCUT2D eigenvalue weighted by Crippen LogP contribution is 2.34. The standard InChI is InChI=1S/C30H24N2/c1-3-9-22(10-4-1)23-15-17-24(18-16-23)31-25-19-20-28-27-13-7-8-14-29(27)32(30(28)21-25)26-11-5-2-6-12-26/h2-3,5-21,31H,1,4H2. The van der Waals surface area contributed by atoms with Crippen LogP contribution in [0, 0.1) is 0 Å². The topological polar surface area (TPSA) is 17.0 Å². The summed E-state index contributed by atoms with van der Waals surface area (Å²) >= 11 is 0. The van der Waals surface area contributed by atoms with Crippen LogP contribution in [0.15, 0.2) is 115 Å². The number of hydrogen-bond donors (Lipinski definition) is 1. The highest BCUT2D eigenvalue weighted by atomic mass is 15.0. The summed E-state index contributed by atoms with van der Waals surface area (Å²) in [7, 11) is 0. The van der Waals surface area contributed by atoms with E-state index in [2.05, 4.69) is 125 Å². The Balaban J connectivity index is 1.40. The number of nitrogens with zero attached hydrogens (tertiary/aromatic N) is 1. The first-order valence-electron chi connectivity index (χ1n) is 11.2. The number of fused-ring (bicyclic) bond motifs is 3. The third kappa shape index (κ3) is 3.30. The van der Waals surface area contributed by atoms with Crippen LogP contribution in [0.3, 0.4) is 0 Å². The van der Waals surface area contributed by atoms with Gasteiger partial charge in [-0.25, -0.2) is 0 Å². The fraction of sp³-hybridized carbons (Fsp3) is 0.0667. The fourth-order valence-electron chi connectivity index (χ4n) is 4.64. The maximum Gasteiger partial charge on any atom is 0.0561 e. The van der Waals surface area contributed by atoms with E-state index in [0.717, 1.165) is 24.2 Å². The van der Waals surface area contributed by atoms with Crippen LogP contribution in [0.4, 0.5) is 11.4 Å². The summed E-state index contributed by atoms with van der Waals surface area (Å²) in [6.07, 6.45) is 9.07. The van der Waals surface area contributed by atoms with E-state index in [9.17, 15) is 0 Å². The zero-order chi connectivity index (χ0) is 21.3. The third-order valence-electron chi connectivity index (χ3n) is 6.19. The van der Waals surface area contributed by atoms with Crippen LogP contribution in [0.2, 0.25) is 0 Å². The van der Waals surface area contributed by atoms with Crippen molar-refractivity contribution in [2.45, 2.75) is 12.8 Å². The third-order valence-corrected chi connectivity index (χ3v) is 6.19. The van der Waals surface area contributed by atoms with E-state index in [1.54, 1.807) is 0 Å². The van der Waals surface area contributed by atoms with Gasteiger partial charge in [0.15, 0.2) is 0 Å². The number of benzene rings is 4. The Kier molecular flexibility index (Phi) is 4.62. The molecule has 1 N–H and O–H groups in total. The zero-order valence-corrected chi connectivity index (χ0v) is 17.8. The molecule has 0 saturated heterocycles. The lowest BCUT2D eigenvalue weighted by molar-refractivity contribution is 1.04. The van der Waals surface area contributed by atoms with Gasteiger partial charge in [0.25, 0.3) is 0 Å². The van der Waals surface area contributed by atoms with Gasteiger partial charge in [-0.2, -0.15) is 0 Å². The van der Waals surface area contributed by atoms with Crippen molar-refractivity contribution in [2.24, 2.45) is 0 Å². The molecule has 0 amide bonds. The molecule has 5 aromatic rings. The van der Waals surface area contributed by atoms with Gasteiger partial charge in [0.05, 0.1) is 11.0 Å². The minimum Gasteiger partial charge on any atom is -0.355 e. The molecule has 0 aliphatic heterocycles. The molecule has 0 saturated carbocycles. The van der Waals surface area contributed by atoms with Gasteiger partial charge in [0.2, 0.25) is 0 Å². The number of para-hydroxylation sites is 2. The lowest BCUT2D eigenvalue weighted by Crippen LogP contribution is -1.95. The molecule has 0 unspecified atom stereocenters. The maximum atomic E-state index is 3.60. The van der Waals surface area contributed by atoms with Gasteiger partial charge in [-0.05, 0) is 66.4 Å². The van der Waals surface area contributed by atoms with E-state index in [1.807, 2.05) is 0 Å². The molecule has 2 nitrogen and oxygen atoms in total. The highest BCUT2D eigenvalue weighted by Gasteiger charge is 2.12. The van der Waals surface area contributed by atoms with Crippen LogP contribution in [0.5, 0.6) is 0 Å². The predicted molar refractivity (Wildman–Crippen MR) is 137 cm³/mol. The van der Waals surface area contributed by atoms with Gasteiger partial charge in [0.1, 0.15) is 0 Å². The summed E-state index contributed by atoms with van der Waals surface area (Å²) in [6, 6.07) is 34.6. The quantitative estimate of drug-likeness (QED) is 0.314. The predicted octanol–water partition coefficient (Wildman–Crippen LogP) is 8.26. The highest BCUT2D eigenvalue weighted by molar-refractivity contribution is 6.10. The van der Waals surface area contributed by atoms with Crippen LogP contribution in [0.25, 0.3) is 33.1 Å². The first kappa shape index (κ1) is 18.7. The van der Waals surface area contributed by atoms with Crippen molar-refractivity contribution < 1.29 is 0 Å². The normalized spacial score (nSPS) is 13.4. The van der Waals surface area contributed by atoms with Gasteiger partial charge < -0.3 is 9.88 Å². The molecule has 1 heterocycles. The molecule has 0 spiro atoms. The molecule has 2 heteroatoms. The van der Waals surface area contributed by atoms with Crippen molar-refractivity contribution in [1.82, 2.24) is 4.57 Å². The number of allylic oxidation sites excluding steroid dienone is 4. The number of rotatable bonds is 4. The molecule has 6 rings (SSSR count). The van der Waals surface area contributed by atoms with Crippen LogP contribution in [-0.4, -0.2) is 4.57 Å². The minimum absolute atomic E-state index is 1.09. The largest absolute Gasteiger partial charge is 0.355 e. The maximum absolute atomic E-state index is 3.60. The van der Waals surface area contributed by atoms with E-state index in [0.29, 0.717) is 0 Å². The van der Waals surface area contributed by atoms with Gasteiger partial charge >= 0.3 is 0 Å². The Hall–Kier alpha value is -4.04. The van der Waals surface area contributed by atoms with Gasteiger partial charge in [0, 0.05) is 27.8 Å². The molecule has 4 aromatic carbocycles. The second-order valence-corrected chi connectivity index (χ2v) is 8.26. The fourth-order valence-corrected chi connectivity index (χ4v) is 4.64. The monoisotopic (exact) mass is 412 g/mol. The second kappa shape index (κ2) is 7.90. The summed E-state index contributed by atoms with van der Waals surface area (Å²) in [4.78, 5) is 0. The average molecular weight is 413 g/mol. The average Bonchev–Trinajstić information content (AvgIpc) is 3.19. The molecule has 1 aliphatic carbocycles. The van der Waals surface area contributed by atoms with Crippen molar-refractivity contribution >= 4 is 38.8 Å². The molecular weight excluding hydrogens is 388 g/mol. The van der Waals surface area contributed by atoms with Gasteiger partial charge in [-0.1, -0.05) is 72.8 Å². The molecule has 32 heavy (non-hydrogen) atoms. The molecule has 0 atom stereocenters. The van der Waals surface area contributed by atoms with E-state index in [1.165, 1.54) is 38.6 Å². The van der Waals surface area contributed by atoms with Crippen molar-refractivity contribution in [3.63, 3.8) is 0 Å². The Bertz CT molecular complexity index is 1470. The van der Waals surface area contributed by atoms with Gasteiger partial charge in [-0.15, -0.1) is 0 Å². The molecule has 0 fully saturated rings. The SMILES string of the molecule is C1=CC(c2ccc(Nc3ccc4c5ccccc5n(-c5ccccc5)c4c3)cc2)=CCC1. The minimum atomic E-state index is 1.09. The summed E-state index contributed by atoms with van der Waals surface area (Å²) in [6.45, 7) is 0. The Labute approximate surface area is 188 Å². The summed E-state index contributed by atoms with van der Waals surface area (Å²) in [5, 5.41) is 6.14. The van der Waals surface area contributed by atoms with Crippen LogP contribution >= 0.6 is 0 Å². The Morgan fingerprint density at radius 1 is 0.625 bits per heavy atom. The smallest absolute Gasteiger partial charge is 0.0561 e. The first-order chi connectivity index (χ1) is 15.9. The van der Waals surface area contributed by atoms with Crippen molar-refractivity contribution in [3.8, 4) is 5.69 Å². The van der Waals surface area contributed by atoms with Crippen LogP contribution < -0.4 is 5.32 Å². The molecule has 1 aliphatic rings. The molecule has 154 valence electrons. The van der Waals surface area contributed by atoms with E-state index in [-0.39, 0.29) is 0 Å². The van der Waals surface area contributed by atoms with E-state index in [4.69, 9.17) is 0 Å². The van der Waals surface area contributed by atoms with Crippen molar-refractivity contribution in [2.75, 3.05) is 5.32 Å². The number of nitrogens with one attached hydrogen (secondary N) is 1. The molecule has 1 aromatic heterocycles. The van der Waals surface area contributed by atoms with Gasteiger partial charge in [-0.3, -0.25) is 0 Å². The lowest BCUT2D eigenvalue weighted by Gasteiger charge is -2.11. The number of aromatic nitrogens is 1. The Morgan fingerprint density at radius 2 is 1.38 bits per heavy atom. The first-order valence-corrected chi connectivity index (χ1v) is 11.2. The summed E-state index contributed by atoms with van der Waals surface area (Å²) in [5.74, 6) is 0. The lowest BCUT2D eigenvalue weighted by atomic mass is 9.99. The van der Waals surface area contributed by atoms with Crippen molar-refractivity contribution in [3.05, 3.63) is 121 Å². The molecule has 0 radical (unpaired) electrons. The number of hydrogen-bond acceptors (Lipinski definition) is 1. The van der Waals surface area contributed by atoms with Crippen LogP contribution in [0.1, 0.15) is 18.4 Å². The van der Waals surface area contributed by atoms with E-state index < -0.39 is 0 Å². The summed E-state index contributed by atoms with van der Waals surface area (Å²) in [5.41, 5.74) is 8.37. The Morgan fingerprint density at radius 3 is 2.19 bits per heavy atom. The second-order valence-electron chi connectivity index (χ2n) is 8.26. The number of anilines is 2. The molecular formula is C30H24N2. The van der Waals surface area contributed by atoms with Crippen LogP contribution in [-0.2, 0) is 0 Å². The van der Waals surface area contributed by atoms with Crippen molar-refractivity contribution in [1.29, 1.82) is 0 Å². The van der Waals surface area contributed by atoms with E-state index >= 15 is 0 Å². The molecule has 0 bridgehead atoms.